The van der Waals surface area contributed by atoms with Crippen LogP contribution in [0.4, 0.5) is 5.69 Å². The minimum Gasteiger partial charge on any atom is -0.477 e. The number of non-ortho nitro benzene ring substituents is 1. The van der Waals surface area contributed by atoms with E-state index in [0.29, 0.717) is 0 Å². The van der Waals surface area contributed by atoms with Crippen molar-refractivity contribution in [2.75, 3.05) is 6.61 Å². The summed E-state index contributed by atoms with van der Waals surface area (Å²) < 4.78 is 27.6. The van der Waals surface area contributed by atoms with Gasteiger partial charge in [0.2, 0.25) is 0 Å². The number of hydrogen-bond donors (Lipinski definition) is 0. The molecule has 0 heterocycles. The Labute approximate surface area is 107 Å². The van der Waals surface area contributed by atoms with Gasteiger partial charge in [0.1, 0.15) is 16.7 Å². The van der Waals surface area contributed by atoms with Gasteiger partial charge in [-0.05, 0) is 12.5 Å². The minimum atomic E-state index is -4.21. The third kappa shape index (κ3) is 3.09. The number of aryl methyl sites for hydroxylation is 1. The predicted octanol–water partition coefficient (Wildman–Crippen LogP) is 1.73. The van der Waals surface area contributed by atoms with Crippen LogP contribution >= 0.6 is 10.7 Å². The van der Waals surface area contributed by atoms with E-state index in [4.69, 9.17) is 20.7 Å². The van der Waals surface area contributed by atoms with Crippen molar-refractivity contribution in [3.63, 3.8) is 0 Å². The molecule has 0 saturated heterocycles. The van der Waals surface area contributed by atoms with Crippen LogP contribution in [-0.4, -0.2) is 19.9 Å². The van der Waals surface area contributed by atoms with Crippen LogP contribution in [0.1, 0.15) is 5.56 Å². The standard InChI is InChI=1S/C9H7ClN2O5S/c1-6-4-7(12(13)14)5-8(18(10,15)16)9(6)17-3-2-11/h4-5H,3H2,1H3. The quantitative estimate of drug-likeness (QED) is 0.474. The van der Waals surface area contributed by atoms with Crippen LogP contribution in [0, 0.1) is 28.4 Å². The summed E-state index contributed by atoms with van der Waals surface area (Å²) in [6, 6.07) is 3.60. The highest BCUT2D eigenvalue weighted by Crippen LogP contribution is 2.34. The summed E-state index contributed by atoms with van der Waals surface area (Å²) in [7, 11) is 0.969. The Balaban J connectivity index is 3.51. The predicted molar refractivity (Wildman–Crippen MR) is 62.0 cm³/mol. The molecule has 18 heavy (non-hydrogen) atoms. The van der Waals surface area contributed by atoms with Gasteiger partial charge in [-0.15, -0.1) is 0 Å². The van der Waals surface area contributed by atoms with E-state index in [0.717, 1.165) is 12.1 Å². The van der Waals surface area contributed by atoms with E-state index in [1.54, 1.807) is 6.07 Å². The fourth-order valence-electron chi connectivity index (χ4n) is 1.30. The second kappa shape index (κ2) is 5.20. The molecule has 9 heteroatoms. The lowest BCUT2D eigenvalue weighted by atomic mass is 10.2. The first kappa shape index (κ1) is 14.2. The van der Waals surface area contributed by atoms with Crippen LogP contribution in [0.3, 0.4) is 0 Å². The van der Waals surface area contributed by atoms with Gasteiger partial charge in [0.25, 0.3) is 14.7 Å². The van der Waals surface area contributed by atoms with Gasteiger partial charge >= 0.3 is 0 Å². The topological polar surface area (TPSA) is 110 Å². The highest BCUT2D eigenvalue weighted by Gasteiger charge is 2.23. The normalized spacial score (nSPS) is 10.7. The minimum absolute atomic E-state index is 0.155. The Bertz CT molecular complexity index is 635. The molecule has 0 fully saturated rings. The molecule has 0 aliphatic rings. The van der Waals surface area contributed by atoms with E-state index in [1.807, 2.05) is 0 Å². The molecule has 0 amide bonds. The second-order valence-corrected chi connectivity index (χ2v) is 5.77. The van der Waals surface area contributed by atoms with Crippen molar-refractivity contribution < 1.29 is 18.1 Å². The molecular weight excluding hydrogens is 284 g/mol. The number of hydrogen-bond acceptors (Lipinski definition) is 6. The maximum atomic E-state index is 11.3. The Morgan fingerprint density at radius 1 is 1.56 bits per heavy atom. The zero-order valence-corrected chi connectivity index (χ0v) is 10.7. The van der Waals surface area contributed by atoms with Crippen molar-refractivity contribution in [2.24, 2.45) is 0 Å². The lowest BCUT2D eigenvalue weighted by molar-refractivity contribution is -0.385. The summed E-state index contributed by atoms with van der Waals surface area (Å²) in [5.74, 6) is -0.155. The van der Waals surface area contributed by atoms with Crippen LogP contribution in [0.15, 0.2) is 17.0 Å². The number of rotatable bonds is 4. The van der Waals surface area contributed by atoms with E-state index >= 15 is 0 Å². The van der Waals surface area contributed by atoms with E-state index < -0.39 is 31.2 Å². The zero-order chi connectivity index (χ0) is 13.9. The van der Waals surface area contributed by atoms with Crippen LogP contribution in [-0.2, 0) is 9.05 Å². The molecule has 7 nitrogen and oxygen atoms in total. The summed E-state index contributed by atoms with van der Waals surface area (Å²) >= 11 is 0. The molecule has 0 aromatic heterocycles. The van der Waals surface area contributed by atoms with Gasteiger partial charge in [0.15, 0.2) is 6.61 Å². The smallest absolute Gasteiger partial charge is 0.271 e. The first-order valence-electron chi connectivity index (χ1n) is 4.51. The molecule has 1 rings (SSSR count). The third-order valence-corrected chi connectivity index (χ3v) is 3.31. The Kier molecular flexibility index (Phi) is 4.11. The monoisotopic (exact) mass is 290 g/mol. The molecule has 0 radical (unpaired) electrons. The van der Waals surface area contributed by atoms with Gasteiger partial charge in [-0.3, -0.25) is 10.1 Å². The first-order chi connectivity index (χ1) is 8.27. The molecule has 0 bridgehead atoms. The number of nitro groups is 1. The van der Waals surface area contributed by atoms with Crippen molar-refractivity contribution in [2.45, 2.75) is 11.8 Å². The third-order valence-electron chi connectivity index (χ3n) is 1.98. The van der Waals surface area contributed by atoms with Crippen LogP contribution in [0.2, 0.25) is 0 Å². The van der Waals surface area contributed by atoms with Gasteiger partial charge < -0.3 is 4.74 Å². The van der Waals surface area contributed by atoms with Gasteiger partial charge in [0, 0.05) is 22.8 Å². The summed E-state index contributed by atoms with van der Waals surface area (Å²) in [4.78, 5) is 9.37. The molecule has 0 spiro atoms. The van der Waals surface area contributed by atoms with Crippen LogP contribution in [0.25, 0.3) is 0 Å². The van der Waals surface area contributed by atoms with E-state index in [2.05, 4.69) is 0 Å². The lowest BCUT2D eigenvalue weighted by Crippen LogP contribution is -2.04. The zero-order valence-electron chi connectivity index (χ0n) is 9.08. The van der Waals surface area contributed by atoms with Crippen molar-refractivity contribution in [1.82, 2.24) is 0 Å². The van der Waals surface area contributed by atoms with Crippen LogP contribution in [0.5, 0.6) is 5.75 Å². The molecule has 0 aliphatic heterocycles. The van der Waals surface area contributed by atoms with Crippen molar-refractivity contribution in [3.8, 4) is 11.8 Å². The van der Waals surface area contributed by atoms with Gasteiger partial charge in [0.05, 0.1) is 4.92 Å². The van der Waals surface area contributed by atoms with Gasteiger partial charge in [-0.2, -0.15) is 5.26 Å². The number of nitrogens with zero attached hydrogens (tertiary/aromatic N) is 2. The van der Waals surface area contributed by atoms with Gasteiger partial charge in [-0.25, -0.2) is 8.42 Å². The number of ether oxygens (including phenoxy) is 1. The average Bonchev–Trinajstić information content (AvgIpc) is 2.25. The Morgan fingerprint density at radius 3 is 2.61 bits per heavy atom. The van der Waals surface area contributed by atoms with E-state index in [1.165, 1.54) is 6.92 Å². The van der Waals surface area contributed by atoms with Crippen molar-refractivity contribution >= 4 is 25.4 Å². The molecule has 0 aliphatic carbocycles. The maximum absolute atomic E-state index is 11.3. The van der Waals surface area contributed by atoms with E-state index in [-0.39, 0.29) is 11.3 Å². The fourth-order valence-corrected chi connectivity index (χ4v) is 2.35. The molecule has 96 valence electrons. The first-order valence-corrected chi connectivity index (χ1v) is 6.81. The second-order valence-electron chi connectivity index (χ2n) is 3.23. The molecular formula is C9H7ClN2O5S. The Hall–Kier alpha value is -1.85. The summed E-state index contributed by atoms with van der Waals surface area (Å²) in [5, 5.41) is 19.0. The number of nitriles is 1. The fraction of sp³-hybridized carbons (Fsp3) is 0.222. The maximum Gasteiger partial charge on any atom is 0.271 e. The average molecular weight is 291 g/mol. The highest BCUT2D eigenvalue weighted by molar-refractivity contribution is 8.13. The van der Waals surface area contributed by atoms with Gasteiger partial charge in [-0.1, -0.05) is 0 Å². The summed E-state index contributed by atoms with van der Waals surface area (Å²) in [5.41, 5.74) is -0.213. The Morgan fingerprint density at radius 2 is 2.17 bits per heavy atom. The lowest BCUT2D eigenvalue weighted by Gasteiger charge is -2.09. The number of benzene rings is 1. The molecule has 1 aromatic carbocycles. The molecule has 0 N–H and O–H groups in total. The highest BCUT2D eigenvalue weighted by atomic mass is 35.7. The SMILES string of the molecule is Cc1cc([N+](=O)[O-])cc(S(=O)(=O)Cl)c1OCC#N. The summed E-state index contributed by atoms with van der Waals surface area (Å²) in [6.45, 7) is 1.03. The summed E-state index contributed by atoms with van der Waals surface area (Å²) in [6.07, 6.45) is 0. The molecule has 0 saturated carbocycles. The van der Waals surface area contributed by atoms with Crippen LogP contribution < -0.4 is 4.74 Å². The largest absolute Gasteiger partial charge is 0.477 e. The number of halogens is 1. The molecule has 0 unspecified atom stereocenters. The molecule has 0 atom stereocenters. The van der Waals surface area contributed by atoms with Crippen molar-refractivity contribution in [3.05, 3.63) is 27.8 Å². The van der Waals surface area contributed by atoms with E-state index in [9.17, 15) is 18.5 Å². The molecule has 1 aromatic rings. The number of nitro benzene ring substituents is 1. The van der Waals surface area contributed by atoms with Crippen molar-refractivity contribution in [1.29, 1.82) is 5.26 Å².